The van der Waals surface area contributed by atoms with Crippen molar-refractivity contribution in [2.45, 2.75) is 72.3 Å². The van der Waals surface area contributed by atoms with E-state index in [2.05, 4.69) is 93.7 Å². The minimum atomic E-state index is -0.581. The molecule has 0 spiro atoms. The highest BCUT2D eigenvalue weighted by Crippen LogP contribution is 2.37. The fraction of sp³-hybridized carbons (Fsp3) is 0.273. The van der Waals surface area contributed by atoms with Crippen LogP contribution in [0.25, 0.3) is 22.3 Å². The van der Waals surface area contributed by atoms with Crippen molar-refractivity contribution < 1.29 is 19.1 Å². The molecule has 1 amide bonds. The van der Waals surface area contributed by atoms with Gasteiger partial charge in [0.25, 0.3) is 0 Å². The molecule has 0 aromatic heterocycles. The van der Waals surface area contributed by atoms with Gasteiger partial charge in [-0.2, -0.15) is 0 Å². The lowest BCUT2D eigenvalue weighted by atomic mass is 9.81. The van der Waals surface area contributed by atoms with Crippen molar-refractivity contribution in [1.29, 1.82) is 0 Å². The molecule has 0 saturated carbocycles. The van der Waals surface area contributed by atoms with Crippen molar-refractivity contribution in [3.05, 3.63) is 142 Å². The molecule has 0 aliphatic carbocycles. The Morgan fingerprint density at radius 1 is 0.735 bits per heavy atom. The second-order valence-electron chi connectivity index (χ2n) is 14.3. The maximum absolute atomic E-state index is 14.2. The molecule has 5 heteroatoms. The number of aryl methyl sites for hydroxylation is 3. The zero-order valence-corrected chi connectivity index (χ0v) is 29.5. The summed E-state index contributed by atoms with van der Waals surface area (Å²) in [5.74, 6) is -0.180. The van der Waals surface area contributed by atoms with Gasteiger partial charge in [0.05, 0.1) is 18.1 Å². The first-order chi connectivity index (χ1) is 23.4. The summed E-state index contributed by atoms with van der Waals surface area (Å²) in [5.41, 5.74) is 12.0. The van der Waals surface area contributed by atoms with E-state index in [1.165, 1.54) is 27.8 Å². The van der Waals surface area contributed by atoms with Crippen LogP contribution < -0.4 is 10.1 Å². The second-order valence-corrected chi connectivity index (χ2v) is 14.3. The van der Waals surface area contributed by atoms with E-state index in [4.69, 9.17) is 9.47 Å². The summed E-state index contributed by atoms with van der Waals surface area (Å²) in [6.45, 7) is 14.7. The van der Waals surface area contributed by atoms with Crippen molar-refractivity contribution >= 4 is 17.6 Å². The molecule has 1 N–H and O–H groups in total. The third-order valence-electron chi connectivity index (χ3n) is 9.26. The molecule has 0 bridgehead atoms. The molecule has 0 radical (unpaired) electrons. The average Bonchev–Trinajstić information content (AvgIpc) is 3.53. The first-order valence-electron chi connectivity index (χ1n) is 17.0. The molecule has 5 nitrogen and oxygen atoms in total. The van der Waals surface area contributed by atoms with Crippen LogP contribution >= 0.6 is 0 Å². The molecule has 5 aromatic carbocycles. The minimum absolute atomic E-state index is 0.0957. The van der Waals surface area contributed by atoms with Gasteiger partial charge >= 0.3 is 5.97 Å². The van der Waals surface area contributed by atoms with Crippen LogP contribution in [0.1, 0.15) is 83.3 Å². The zero-order valence-electron chi connectivity index (χ0n) is 29.5. The van der Waals surface area contributed by atoms with E-state index in [-0.39, 0.29) is 17.8 Å². The van der Waals surface area contributed by atoms with Crippen molar-refractivity contribution in [2.24, 2.45) is 0 Å². The molecule has 2 atom stereocenters. The van der Waals surface area contributed by atoms with Gasteiger partial charge in [0.2, 0.25) is 5.91 Å². The van der Waals surface area contributed by atoms with Crippen molar-refractivity contribution in [3.8, 4) is 28.0 Å². The number of hydrogen-bond donors (Lipinski definition) is 1. The standard InChI is InChI=1S/C44H45NO4/c1-27-24-28(2)40(29(3)25-27)33-16-19-38(20-17-33)45-42(46)41(30(4)31-8-14-35(15-9-31)43(47)49-44(5,6)7)34-12-10-32(11-13-34)36-18-21-39-37(26-36)22-23-48-39/h8-21,24-26,30,41H,22-23H2,1-7H3,(H,45,46)/t30-,41+/m0/s1. The number of amides is 1. The normalized spacial score (nSPS) is 13.6. The Hall–Kier alpha value is -5.16. The van der Waals surface area contributed by atoms with Crippen LogP contribution in [0.4, 0.5) is 5.69 Å². The summed E-state index contributed by atoms with van der Waals surface area (Å²) in [4.78, 5) is 26.9. The van der Waals surface area contributed by atoms with Crippen molar-refractivity contribution in [3.63, 3.8) is 0 Å². The van der Waals surface area contributed by atoms with Crippen LogP contribution in [-0.2, 0) is 16.0 Å². The molecule has 1 aliphatic heterocycles. The Balaban J connectivity index is 1.28. The number of carbonyl (C=O) groups excluding carboxylic acids is 2. The van der Waals surface area contributed by atoms with Gasteiger partial charge in [-0.25, -0.2) is 4.79 Å². The van der Waals surface area contributed by atoms with E-state index in [0.717, 1.165) is 52.3 Å². The number of carbonyl (C=O) groups is 2. The van der Waals surface area contributed by atoms with Crippen LogP contribution in [0.15, 0.2) is 103 Å². The molecule has 0 fully saturated rings. The Morgan fingerprint density at radius 3 is 1.96 bits per heavy atom. The van der Waals surface area contributed by atoms with Crippen LogP contribution in [0.3, 0.4) is 0 Å². The van der Waals surface area contributed by atoms with E-state index < -0.39 is 11.5 Å². The quantitative estimate of drug-likeness (QED) is 0.170. The zero-order chi connectivity index (χ0) is 34.9. The SMILES string of the molecule is Cc1cc(C)c(-c2ccc(NC(=O)[C@@H](c3ccc(-c4ccc5c(c4)CCO5)cc3)[C@@H](C)c3ccc(C(=O)OC(C)(C)C)cc3)cc2)c(C)c1. The third kappa shape index (κ3) is 7.62. The van der Waals surface area contributed by atoms with Crippen LogP contribution in [-0.4, -0.2) is 24.1 Å². The number of rotatable bonds is 8. The predicted molar refractivity (Wildman–Crippen MR) is 199 cm³/mol. The third-order valence-corrected chi connectivity index (χ3v) is 9.26. The first-order valence-corrected chi connectivity index (χ1v) is 17.0. The fourth-order valence-electron chi connectivity index (χ4n) is 6.94. The summed E-state index contributed by atoms with van der Waals surface area (Å²) in [6, 6.07) is 34.5. The van der Waals surface area contributed by atoms with Gasteiger partial charge in [-0.3, -0.25) is 4.79 Å². The van der Waals surface area contributed by atoms with Crippen molar-refractivity contribution in [1.82, 2.24) is 0 Å². The van der Waals surface area contributed by atoms with Gasteiger partial charge in [0, 0.05) is 12.1 Å². The number of hydrogen-bond acceptors (Lipinski definition) is 4. The summed E-state index contributed by atoms with van der Waals surface area (Å²) in [5, 5.41) is 3.21. The lowest BCUT2D eigenvalue weighted by Crippen LogP contribution is -2.26. The van der Waals surface area contributed by atoms with E-state index in [9.17, 15) is 9.59 Å². The van der Waals surface area contributed by atoms with Crippen LogP contribution in [0, 0.1) is 20.8 Å². The van der Waals surface area contributed by atoms with E-state index in [1.807, 2.05) is 51.1 Å². The number of ether oxygens (including phenoxy) is 2. The Labute approximate surface area is 290 Å². The van der Waals surface area contributed by atoms with Gasteiger partial charge in [-0.05, 0) is 134 Å². The van der Waals surface area contributed by atoms with E-state index in [1.54, 1.807) is 12.1 Å². The maximum Gasteiger partial charge on any atom is 0.338 e. The molecular formula is C44H45NO4. The van der Waals surface area contributed by atoms with Gasteiger partial charge < -0.3 is 14.8 Å². The number of fused-ring (bicyclic) bond motifs is 1. The van der Waals surface area contributed by atoms with Gasteiger partial charge in [0.15, 0.2) is 0 Å². The number of anilines is 1. The highest BCUT2D eigenvalue weighted by Gasteiger charge is 2.29. The fourth-order valence-corrected chi connectivity index (χ4v) is 6.94. The largest absolute Gasteiger partial charge is 0.493 e. The molecule has 1 aliphatic rings. The number of nitrogens with one attached hydrogen (secondary N) is 1. The molecule has 49 heavy (non-hydrogen) atoms. The van der Waals surface area contributed by atoms with E-state index >= 15 is 0 Å². The first kappa shape index (κ1) is 33.7. The molecular weight excluding hydrogens is 606 g/mol. The molecule has 6 rings (SSSR count). The lowest BCUT2D eigenvalue weighted by molar-refractivity contribution is -0.118. The summed E-state index contributed by atoms with van der Waals surface area (Å²) < 4.78 is 11.3. The maximum atomic E-state index is 14.2. The van der Waals surface area contributed by atoms with Crippen LogP contribution in [0.2, 0.25) is 0 Å². The summed E-state index contributed by atoms with van der Waals surface area (Å²) in [6.07, 6.45) is 0.916. The average molecular weight is 652 g/mol. The van der Waals surface area contributed by atoms with Gasteiger partial charge in [0.1, 0.15) is 11.4 Å². The Kier molecular flexibility index (Phi) is 9.47. The van der Waals surface area contributed by atoms with E-state index in [0.29, 0.717) is 5.56 Å². The summed E-state index contributed by atoms with van der Waals surface area (Å²) >= 11 is 0. The number of esters is 1. The van der Waals surface area contributed by atoms with Gasteiger partial charge in [-0.15, -0.1) is 0 Å². The predicted octanol–water partition coefficient (Wildman–Crippen LogP) is 10.4. The highest BCUT2D eigenvalue weighted by molar-refractivity contribution is 5.97. The van der Waals surface area contributed by atoms with Crippen LogP contribution in [0.5, 0.6) is 5.75 Å². The monoisotopic (exact) mass is 651 g/mol. The molecule has 5 aromatic rings. The molecule has 0 unspecified atom stereocenters. The van der Waals surface area contributed by atoms with Gasteiger partial charge in [-0.1, -0.05) is 79.2 Å². The molecule has 1 heterocycles. The number of benzene rings is 5. The second kappa shape index (κ2) is 13.8. The topological polar surface area (TPSA) is 64.6 Å². The highest BCUT2D eigenvalue weighted by atomic mass is 16.6. The molecule has 250 valence electrons. The smallest absolute Gasteiger partial charge is 0.338 e. The minimum Gasteiger partial charge on any atom is -0.493 e. The Morgan fingerprint density at radius 2 is 1.33 bits per heavy atom. The van der Waals surface area contributed by atoms with Crippen molar-refractivity contribution in [2.75, 3.05) is 11.9 Å². The summed E-state index contributed by atoms with van der Waals surface area (Å²) in [7, 11) is 0. The molecule has 0 saturated heterocycles. The Bertz CT molecular complexity index is 1960. The lowest BCUT2D eigenvalue weighted by Gasteiger charge is -2.25.